The molecular weight excluding hydrogens is 302 g/mol. The van der Waals surface area contributed by atoms with Gasteiger partial charge in [-0.05, 0) is 32.0 Å². The molecule has 1 atom stereocenters. The van der Waals surface area contributed by atoms with Gasteiger partial charge in [0.2, 0.25) is 5.91 Å². The van der Waals surface area contributed by atoms with Crippen LogP contribution < -0.4 is 15.4 Å². The first-order valence-electron chi connectivity index (χ1n) is 6.81. The molecule has 0 saturated heterocycles. The number of nitrogens with one attached hydrogen (secondary N) is 2. The Kier molecular flexibility index (Phi) is 3.58. The van der Waals surface area contributed by atoms with Crippen LogP contribution in [0.4, 0.5) is 10.8 Å². The molecule has 0 radical (unpaired) electrons. The minimum absolute atomic E-state index is 0.152. The number of aromatic nitrogens is 1. The lowest BCUT2D eigenvalue weighted by Gasteiger charge is -2.23. The van der Waals surface area contributed by atoms with Crippen molar-refractivity contribution in [3.8, 4) is 17.0 Å². The third-order valence-electron chi connectivity index (χ3n) is 3.26. The first-order valence-corrected chi connectivity index (χ1v) is 7.62. The molecule has 3 rings (SSSR count). The summed E-state index contributed by atoms with van der Waals surface area (Å²) in [7, 11) is 0. The molecule has 0 fully saturated rings. The van der Waals surface area contributed by atoms with Crippen molar-refractivity contribution >= 4 is 34.0 Å². The summed E-state index contributed by atoms with van der Waals surface area (Å²) in [6.45, 7) is 5.09. The molecule has 1 aromatic heterocycles. The van der Waals surface area contributed by atoms with Crippen molar-refractivity contribution in [1.82, 2.24) is 4.98 Å². The highest BCUT2D eigenvalue weighted by Gasteiger charge is 2.24. The van der Waals surface area contributed by atoms with E-state index in [0.29, 0.717) is 16.6 Å². The maximum atomic E-state index is 11.7. The lowest BCUT2D eigenvalue weighted by molar-refractivity contribution is -0.122. The smallest absolute Gasteiger partial charge is 0.265 e. The molecule has 2 N–H and O–H groups in total. The third-order valence-corrected chi connectivity index (χ3v) is 4.15. The van der Waals surface area contributed by atoms with Crippen molar-refractivity contribution in [2.24, 2.45) is 0 Å². The molecule has 114 valence electrons. The maximum absolute atomic E-state index is 11.7. The first-order chi connectivity index (χ1) is 10.4. The molecule has 0 aliphatic carbocycles. The predicted octanol–water partition coefficient (Wildman–Crippen LogP) is 2.80. The zero-order valence-corrected chi connectivity index (χ0v) is 13.2. The monoisotopic (exact) mass is 317 g/mol. The van der Waals surface area contributed by atoms with Crippen LogP contribution in [0.3, 0.4) is 0 Å². The second kappa shape index (κ2) is 5.42. The second-order valence-corrected chi connectivity index (χ2v) is 6.27. The largest absolute Gasteiger partial charge is 0.479 e. The maximum Gasteiger partial charge on any atom is 0.265 e. The van der Waals surface area contributed by atoms with Crippen LogP contribution in [-0.2, 0) is 9.59 Å². The fourth-order valence-electron chi connectivity index (χ4n) is 2.22. The zero-order valence-electron chi connectivity index (χ0n) is 12.4. The Labute approximate surface area is 131 Å². The fourth-order valence-corrected chi connectivity index (χ4v) is 3.11. The van der Waals surface area contributed by atoms with Crippen LogP contribution in [0.2, 0.25) is 0 Å². The van der Waals surface area contributed by atoms with Crippen molar-refractivity contribution in [3.05, 3.63) is 23.1 Å². The quantitative estimate of drug-likeness (QED) is 0.892. The van der Waals surface area contributed by atoms with Crippen LogP contribution in [0.25, 0.3) is 11.3 Å². The summed E-state index contributed by atoms with van der Waals surface area (Å²) in [6, 6.07) is 5.54. The molecule has 2 aromatic rings. The number of anilines is 2. The van der Waals surface area contributed by atoms with Gasteiger partial charge < -0.3 is 15.4 Å². The summed E-state index contributed by atoms with van der Waals surface area (Å²) in [5.74, 6) is 0.324. The van der Waals surface area contributed by atoms with Gasteiger partial charge in [0.15, 0.2) is 11.2 Å². The number of thiazole rings is 1. The summed E-state index contributed by atoms with van der Waals surface area (Å²) < 4.78 is 5.54. The molecule has 1 aliphatic rings. The van der Waals surface area contributed by atoms with Crippen molar-refractivity contribution < 1.29 is 14.3 Å². The van der Waals surface area contributed by atoms with Gasteiger partial charge in [0.25, 0.3) is 5.91 Å². The van der Waals surface area contributed by atoms with Crippen LogP contribution >= 0.6 is 11.3 Å². The molecule has 0 saturated carbocycles. The average Bonchev–Trinajstić information content (AvgIpc) is 2.79. The van der Waals surface area contributed by atoms with E-state index in [1.54, 1.807) is 6.92 Å². The Morgan fingerprint density at radius 3 is 2.95 bits per heavy atom. The highest BCUT2D eigenvalue weighted by molar-refractivity contribution is 7.16. The second-order valence-electron chi connectivity index (χ2n) is 5.07. The molecule has 0 bridgehead atoms. The van der Waals surface area contributed by atoms with Crippen molar-refractivity contribution in [2.45, 2.75) is 26.9 Å². The van der Waals surface area contributed by atoms with Crippen LogP contribution in [0.15, 0.2) is 18.2 Å². The number of nitrogens with zero attached hydrogens (tertiary/aromatic N) is 1. The lowest BCUT2D eigenvalue weighted by Crippen LogP contribution is -2.34. The highest BCUT2D eigenvalue weighted by atomic mass is 32.1. The van der Waals surface area contributed by atoms with Gasteiger partial charge >= 0.3 is 0 Å². The topological polar surface area (TPSA) is 80.3 Å². The molecule has 22 heavy (non-hydrogen) atoms. The van der Waals surface area contributed by atoms with Gasteiger partial charge in [-0.3, -0.25) is 9.59 Å². The molecule has 0 unspecified atom stereocenters. The van der Waals surface area contributed by atoms with E-state index in [4.69, 9.17) is 4.74 Å². The van der Waals surface area contributed by atoms with E-state index in [9.17, 15) is 9.59 Å². The minimum Gasteiger partial charge on any atom is -0.479 e. The van der Waals surface area contributed by atoms with Gasteiger partial charge in [0.1, 0.15) is 5.75 Å². The lowest BCUT2D eigenvalue weighted by atomic mass is 10.1. The van der Waals surface area contributed by atoms with Gasteiger partial charge in [-0.1, -0.05) is 0 Å². The molecule has 1 aromatic carbocycles. The minimum atomic E-state index is -0.495. The Hall–Kier alpha value is -2.41. The van der Waals surface area contributed by atoms with Crippen molar-refractivity contribution in [2.75, 3.05) is 10.6 Å². The van der Waals surface area contributed by atoms with E-state index in [1.807, 2.05) is 25.1 Å². The number of carbonyl (C=O) groups is 2. The van der Waals surface area contributed by atoms with E-state index in [2.05, 4.69) is 15.6 Å². The number of carbonyl (C=O) groups excluding carboxylic acids is 2. The zero-order chi connectivity index (χ0) is 15.9. The molecule has 7 heteroatoms. The van der Waals surface area contributed by atoms with Gasteiger partial charge in [-0.15, -0.1) is 11.3 Å². The van der Waals surface area contributed by atoms with Gasteiger partial charge in [0, 0.05) is 17.4 Å². The van der Waals surface area contributed by atoms with Gasteiger partial charge in [-0.2, -0.15) is 0 Å². The number of aryl methyl sites for hydroxylation is 1. The number of fused-ring (bicyclic) bond motifs is 1. The first kappa shape index (κ1) is 14.5. The van der Waals surface area contributed by atoms with E-state index >= 15 is 0 Å². The normalized spacial score (nSPS) is 16.5. The Balaban J connectivity index is 1.96. The third kappa shape index (κ3) is 2.67. The number of amides is 2. The molecule has 1 aliphatic heterocycles. The van der Waals surface area contributed by atoms with Crippen molar-refractivity contribution in [1.29, 1.82) is 0 Å². The van der Waals surface area contributed by atoms with Gasteiger partial charge in [0.05, 0.1) is 11.4 Å². The van der Waals surface area contributed by atoms with E-state index in [-0.39, 0.29) is 11.8 Å². The van der Waals surface area contributed by atoms with Crippen LogP contribution in [-0.4, -0.2) is 22.9 Å². The average molecular weight is 317 g/mol. The fraction of sp³-hybridized carbons (Fsp3) is 0.267. The molecule has 6 nitrogen and oxygen atoms in total. The van der Waals surface area contributed by atoms with Gasteiger partial charge in [-0.25, -0.2) is 4.98 Å². The van der Waals surface area contributed by atoms with Crippen LogP contribution in [0.5, 0.6) is 5.75 Å². The van der Waals surface area contributed by atoms with E-state index < -0.39 is 6.10 Å². The van der Waals surface area contributed by atoms with E-state index in [1.165, 1.54) is 18.3 Å². The van der Waals surface area contributed by atoms with Crippen molar-refractivity contribution in [3.63, 3.8) is 0 Å². The summed E-state index contributed by atoms with van der Waals surface area (Å²) in [5, 5.41) is 6.07. The summed E-state index contributed by atoms with van der Waals surface area (Å²) >= 11 is 1.41. The molecule has 0 spiro atoms. The number of rotatable bonds is 2. The van der Waals surface area contributed by atoms with Crippen LogP contribution in [0.1, 0.15) is 18.7 Å². The van der Waals surface area contributed by atoms with Crippen LogP contribution in [0, 0.1) is 6.92 Å². The number of hydrogen-bond donors (Lipinski definition) is 2. The standard InChI is InChI=1S/C15H15N3O3S/c1-7-14(20)17-11-6-10(4-5-12(11)21-7)13-8(2)22-15(18-13)16-9(3)19/h4-7H,1-3H3,(H,17,20)(H,16,18,19)/t7-/m1/s1. The SMILES string of the molecule is CC(=O)Nc1nc(-c2ccc3c(c2)NC(=O)[C@@H](C)O3)c(C)s1. The number of ether oxygens (including phenoxy) is 1. The number of benzene rings is 1. The number of hydrogen-bond acceptors (Lipinski definition) is 5. The molecule has 2 heterocycles. The molecular formula is C15H15N3O3S. The Morgan fingerprint density at radius 1 is 1.45 bits per heavy atom. The predicted molar refractivity (Wildman–Crippen MR) is 85.3 cm³/mol. The summed E-state index contributed by atoms with van der Waals surface area (Å²) in [4.78, 5) is 28.2. The Morgan fingerprint density at radius 2 is 2.23 bits per heavy atom. The summed E-state index contributed by atoms with van der Waals surface area (Å²) in [5.41, 5.74) is 2.28. The molecule has 2 amide bonds. The summed E-state index contributed by atoms with van der Waals surface area (Å²) in [6.07, 6.45) is -0.495. The Bertz CT molecular complexity index is 769. The van der Waals surface area contributed by atoms with E-state index in [0.717, 1.165) is 16.1 Å². The highest BCUT2D eigenvalue weighted by Crippen LogP contribution is 2.36.